The Morgan fingerprint density at radius 2 is 2.18 bits per heavy atom. The maximum absolute atomic E-state index is 12.0. The Kier molecular flexibility index (Phi) is 2.57. The van der Waals surface area contributed by atoms with Crippen LogP contribution in [0.2, 0.25) is 0 Å². The molecule has 0 radical (unpaired) electrons. The lowest BCUT2D eigenvalue weighted by Crippen LogP contribution is -2.02. The molecule has 0 spiro atoms. The molecule has 2 N–H and O–H groups in total. The van der Waals surface area contributed by atoms with E-state index in [1.807, 2.05) is 0 Å². The van der Waals surface area contributed by atoms with Crippen LogP contribution in [-0.4, -0.2) is 0 Å². The summed E-state index contributed by atoms with van der Waals surface area (Å²) in [6, 6.07) is 1.30. The highest BCUT2D eigenvalue weighted by atomic mass is 32.1. The molecule has 1 aromatic rings. The van der Waals surface area contributed by atoms with Crippen molar-refractivity contribution in [3.8, 4) is 0 Å². The highest BCUT2D eigenvalue weighted by Crippen LogP contribution is 2.27. The van der Waals surface area contributed by atoms with Gasteiger partial charge >= 0.3 is 0 Å². The number of alkyl halides is 2. The number of thiophene rings is 1. The molecule has 0 saturated heterocycles. The summed E-state index contributed by atoms with van der Waals surface area (Å²) in [6.07, 6.45) is -2.37. The number of hydrogen-bond donors (Lipinski definition) is 1. The van der Waals surface area contributed by atoms with Gasteiger partial charge in [-0.05, 0) is 23.9 Å². The van der Waals surface area contributed by atoms with Crippen molar-refractivity contribution >= 4 is 11.3 Å². The maximum atomic E-state index is 12.0. The van der Waals surface area contributed by atoms with Crippen LogP contribution in [0.3, 0.4) is 0 Å². The molecular weight excluding hydrogens is 168 g/mol. The predicted molar refractivity (Wildman–Crippen MR) is 41.9 cm³/mol. The van der Waals surface area contributed by atoms with Crippen molar-refractivity contribution in [2.75, 3.05) is 0 Å². The first kappa shape index (κ1) is 8.62. The number of halogens is 2. The van der Waals surface area contributed by atoms with Crippen LogP contribution >= 0.6 is 11.3 Å². The van der Waals surface area contributed by atoms with Gasteiger partial charge in [0.2, 0.25) is 0 Å². The topological polar surface area (TPSA) is 26.0 Å². The van der Waals surface area contributed by atoms with E-state index in [0.717, 1.165) is 16.9 Å². The minimum atomic E-state index is -2.37. The van der Waals surface area contributed by atoms with Crippen molar-refractivity contribution in [2.45, 2.75) is 19.4 Å². The SMILES string of the molecule is C[C@H](N)c1csc(C(F)F)c1. The van der Waals surface area contributed by atoms with Gasteiger partial charge in [0, 0.05) is 6.04 Å². The summed E-state index contributed by atoms with van der Waals surface area (Å²) < 4.78 is 24.0. The number of hydrogen-bond acceptors (Lipinski definition) is 2. The van der Waals surface area contributed by atoms with Crippen LogP contribution in [0.5, 0.6) is 0 Å². The van der Waals surface area contributed by atoms with Gasteiger partial charge in [-0.15, -0.1) is 11.3 Å². The standard InChI is InChI=1S/C7H9F2NS/c1-4(10)5-2-6(7(8)9)11-3-5/h2-4,7H,10H2,1H3/t4-/m0/s1. The predicted octanol–water partition coefficient (Wildman–Crippen LogP) is 2.71. The van der Waals surface area contributed by atoms with E-state index < -0.39 is 6.43 Å². The minimum absolute atomic E-state index is 0.0947. The Balaban J connectivity index is 2.82. The highest BCUT2D eigenvalue weighted by Gasteiger charge is 2.11. The summed E-state index contributed by atoms with van der Waals surface area (Å²) in [5.41, 5.74) is 6.27. The van der Waals surface area contributed by atoms with Gasteiger partial charge < -0.3 is 5.73 Å². The van der Waals surface area contributed by atoms with Crippen LogP contribution in [-0.2, 0) is 0 Å². The number of nitrogens with two attached hydrogens (primary N) is 1. The molecule has 1 rings (SSSR count). The molecule has 11 heavy (non-hydrogen) atoms. The molecule has 1 nitrogen and oxygen atoms in total. The van der Waals surface area contributed by atoms with Gasteiger partial charge in [0.1, 0.15) is 0 Å². The van der Waals surface area contributed by atoms with E-state index >= 15 is 0 Å². The Hall–Kier alpha value is -0.480. The lowest BCUT2D eigenvalue weighted by Gasteiger charge is -1.98. The molecule has 1 heterocycles. The van der Waals surface area contributed by atoms with E-state index in [1.165, 1.54) is 6.07 Å². The molecular formula is C7H9F2NS. The first-order valence-electron chi connectivity index (χ1n) is 3.23. The molecule has 62 valence electrons. The third-order valence-electron chi connectivity index (χ3n) is 1.38. The normalized spacial score (nSPS) is 13.9. The van der Waals surface area contributed by atoms with Gasteiger partial charge in [-0.3, -0.25) is 0 Å². The number of rotatable bonds is 2. The van der Waals surface area contributed by atoms with Gasteiger partial charge in [-0.1, -0.05) is 0 Å². The van der Waals surface area contributed by atoms with Crippen molar-refractivity contribution in [3.63, 3.8) is 0 Å². The average Bonchev–Trinajstić information content (AvgIpc) is 2.33. The molecule has 0 aliphatic rings. The van der Waals surface area contributed by atoms with E-state index in [0.29, 0.717) is 0 Å². The zero-order valence-corrected chi connectivity index (χ0v) is 6.87. The fraction of sp³-hybridized carbons (Fsp3) is 0.429. The lowest BCUT2D eigenvalue weighted by atomic mass is 10.2. The van der Waals surface area contributed by atoms with E-state index in [-0.39, 0.29) is 10.9 Å². The highest BCUT2D eigenvalue weighted by molar-refractivity contribution is 7.10. The average molecular weight is 177 g/mol. The molecule has 0 unspecified atom stereocenters. The first-order chi connectivity index (χ1) is 5.11. The lowest BCUT2D eigenvalue weighted by molar-refractivity contribution is 0.155. The Labute approximate surface area is 67.8 Å². The van der Waals surface area contributed by atoms with Gasteiger partial charge in [-0.2, -0.15) is 0 Å². The summed E-state index contributed by atoms with van der Waals surface area (Å²) in [5.74, 6) is 0. The van der Waals surface area contributed by atoms with Crippen LogP contribution in [0, 0.1) is 0 Å². The second-order valence-electron chi connectivity index (χ2n) is 2.37. The Bertz CT molecular complexity index is 210. The zero-order chi connectivity index (χ0) is 8.43. The van der Waals surface area contributed by atoms with E-state index in [2.05, 4.69) is 0 Å². The van der Waals surface area contributed by atoms with Gasteiger partial charge in [0.15, 0.2) is 0 Å². The van der Waals surface area contributed by atoms with Crippen LogP contribution in [0.25, 0.3) is 0 Å². The summed E-state index contributed by atoms with van der Waals surface area (Å²) in [4.78, 5) is 0.0947. The van der Waals surface area contributed by atoms with E-state index in [4.69, 9.17) is 5.73 Å². The zero-order valence-electron chi connectivity index (χ0n) is 6.05. The molecule has 0 aromatic carbocycles. The van der Waals surface area contributed by atoms with Gasteiger partial charge in [0.25, 0.3) is 6.43 Å². The van der Waals surface area contributed by atoms with Crippen LogP contribution < -0.4 is 5.73 Å². The monoisotopic (exact) mass is 177 g/mol. The molecule has 4 heteroatoms. The summed E-state index contributed by atoms with van der Waals surface area (Å²) in [7, 11) is 0. The third-order valence-corrected chi connectivity index (χ3v) is 2.34. The van der Waals surface area contributed by atoms with E-state index in [1.54, 1.807) is 12.3 Å². The van der Waals surface area contributed by atoms with Crippen molar-refractivity contribution in [1.29, 1.82) is 0 Å². The Morgan fingerprint density at radius 3 is 2.45 bits per heavy atom. The van der Waals surface area contributed by atoms with Crippen molar-refractivity contribution in [3.05, 3.63) is 21.9 Å². The third kappa shape index (κ3) is 1.97. The second kappa shape index (κ2) is 3.28. The molecule has 0 amide bonds. The second-order valence-corrected chi connectivity index (χ2v) is 3.31. The fourth-order valence-electron chi connectivity index (χ4n) is 0.722. The quantitative estimate of drug-likeness (QED) is 0.738. The minimum Gasteiger partial charge on any atom is -0.324 e. The molecule has 0 bridgehead atoms. The first-order valence-corrected chi connectivity index (χ1v) is 4.11. The smallest absolute Gasteiger partial charge is 0.272 e. The van der Waals surface area contributed by atoms with E-state index in [9.17, 15) is 8.78 Å². The van der Waals surface area contributed by atoms with Crippen LogP contribution in [0.1, 0.15) is 29.8 Å². The summed E-state index contributed by atoms with van der Waals surface area (Å²) >= 11 is 1.06. The molecule has 0 aliphatic carbocycles. The van der Waals surface area contributed by atoms with Crippen molar-refractivity contribution in [2.24, 2.45) is 5.73 Å². The van der Waals surface area contributed by atoms with Crippen molar-refractivity contribution < 1.29 is 8.78 Å². The van der Waals surface area contributed by atoms with Crippen LogP contribution in [0.4, 0.5) is 8.78 Å². The molecule has 1 atom stereocenters. The summed E-state index contributed by atoms with van der Waals surface area (Å²) in [5, 5.41) is 1.67. The van der Waals surface area contributed by atoms with Crippen molar-refractivity contribution in [1.82, 2.24) is 0 Å². The Morgan fingerprint density at radius 1 is 1.55 bits per heavy atom. The molecule has 0 aliphatic heterocycles. The maximum Gasteiger partial charge on any atom is 0.272 e. The van der Waals surface area contributed by atoms with Crippen LogP contribution in [0.15, 0.2) is 11.4 Å². The largest absolute Gasteiger partial charge is 0.324 e. The molecule has 0 fully saturated rings. The molecule has 1 aromatic heterocycles. The fourth-order valence-corrected chi connectivity index (χ4v) is 1.58. The molecule has 0 saturated carbocycles. The van der Waals surface area contributed by atoms with Gasteiger partial charge in [-0.25, -0.2) is 8.78 Å². The summed E-state index contributed by atoms with van der Waals surface area (Å²) in [6.45, 7) is 1.78. The van der Waals surface area contributed by atoms with Gasteiger partial charge in [0.05, 0.1) is 4.88 Å².